The Morgan fingerprint density at radius 3 is 2.88 bits per heavy atom. The van der Waals surface area contributed by atoms with Crippen molar-refractivity contribution >= 4 is 28.7 Å². The second-order valence-electron chi connectivity index (χ2n) is 6.77. The summed E-state index contributed by atoms with van der Waals surface area (Å²) >= 11 is 3.37. The van der Waals surface area contributed by atoms with E-state index in [1.807, 2.05) is 6.07 Å². The fraction of sp³-hybridized carbons (Fsp3) is 0.500. The van der Waals surface area contributed by atoms with Crippen LogP contribution in [0.2, 0.25) is 0 Å². The van der Waals surface area contributed by atoms with Gasteiger partial charge in [-0.25, -0.2) is 0 Å². The van der Waals surface area contributed by atoms with E-state index in [1.54, 1.807) is 29.6 Å². The van der Waals surface area contributed by atoms with Crippen molar-refractivity contribution in [2.24, 2.45) is 10.7 Å². The summed E-state index contributed by atoms with van der Waals surface area (Å²) in [5.41, 5.74) is 8.03. The van der Waals surface area contributed by atoms with E-state index in [9.17, 15) is 13.2 Å². The van der Waals surface area contributed by atoms with Gasteiger partial charge in [0.05, 0.1) is 5.54 Å². The summed E-state index contributed by atoms with van der Waals surface area (Å²) in [6.07, 6.45) is 0.252. The van der Waals surface area contributed by atoms with Gasteiger partial charge in [0.1, 0.15) is 5.75 Å². The molecule has 3 aliphatic rings. The van der Waals surface area contributed by atoms with E-state index in [0.29, 0.717) is 5.17 Å². The second-order valence-corrected chi connectivity index (χ2v) is 9.18. The summed E-state index contributed by atoms with van der Waals surface area (Å²) in [6.45, 7) is 0. The number of nitrogens with zero attached hydrogens (tertiary/aromatic N) is 1. The van der Waals surface area contributed by atoms with Gasteiger partial charge < -0.3 is 10.5 Å². The van der Waals surface area contributed by atoms with Crippen LogP contribution in [-0.2, 0) is 0 Å². The van der Waals surface area contributed by atoms with Gasteiger partial charge >= 0.3 is 6.36 Å². The van der Waals surface area contributed by atoms with E-state index in [1.165, 1.54) is 22.6 Å². The highest BCUT2D eigenvalue weighted by Crippen LogP contribution is 2.58. The highest BCUT2D eigenvalue weighted by molar-refractivity contribution is 8.13. The van der Waals surface area contributed by atoms with Crippen molar-refractivity contribution < 1.29 is 17.9 Å². The Morgan fingerprint density at radius 2 is 2.12 bits per heavy atom. The minimum absolute atomic E-state index is 0.109. The molecule has 2 atom stereocenters. The molecular formula is C18H19F3N2OS2. The standard InChI is InChI=1S/C18H19F3N2OS2/c19-18(20,21)24-12-4-1-3-11(9-12)15-10-13-14(26-15)5-2-6-17(13)7-8-25-16(22)23-17/h1,3-4,9,15H,2,5-8,10H2,(H2,22,23). The molecule has 2 aliphatic heterocycles. The fourth-order valence-corrected chi connectivity index (χ4v) is 6.50. The third kappa shape index (κ3) is 3.58. The van der Waals surface area contributed by atoms with Crippen LogP contribution in [0.3, 0.4) is 0 Å². The number of amidine groups is 1. The molecule has 1 aliphatic carbocycles. The number of aliphatic imine (C=N–C) groups is 1. The maximum atomic E-state index is 12.5. The van der Waals surface area contributed by atoms with E-state index < -0.39 is 6.36 Å². The molecule has 1 aromatic rings. The Morgan fingerprint density at radius 1 is 1.27 bits per heavy atom. The molecule has 8 heteroatoms. The highest BCUT2D eigenvalue weighted by atomic mass is 32.2. The quantitative estimate of drug-likeness (QED) is 0.723. The maximum Gasteiger partial charge on any atom is 0.573 e. The molecule has 1 aromatic carbocycles. The topological polar surface area (TPSA) is 47.6 Å². The van der Waals surface area contributed by atoms with Crippen LogP contribution in [0.4, 0.5) is 13.2 Å². The van der Waals surface area contributed by atoms with Crippen molar-refractivity contribution in [2.45, 2.75) is 49.3 Å². The molecule has 0 saturated heterocycles. The van der Waals surface area contributed by atoms with Gasteiger partial charge in [-0.05, 0) is 60.3 Å². The van der Waals surface area contributed by atoms with Crippen molar-refractivity contribution in [3.63, 3.8) is 0 Å². The van der Waals surface area contributed by atoms with Gasteiger partial charge in [-0.2, -0.15) is 0 Å². The van der Waals surface area contributed by atoms with E-state index in [0.717, 1.165) is 43.4 Å². The molecule has 2 unspecified atom stereocenters. The molecular weight excluding hydrogens is 381 g/mol. The third-order valence-electron chi connectivity index (χ3n) is 5.12. The molecule has 0 aromatic heterocycles. The first-order valence-electron chi connectivity index (χ1n) is 8.58. The van der Waals surface area contributed by atoms with Gasteiger partial charge in [-0.1, -0.05) is 23.9 Å². The predicted octanol–water partition coefficient (Wildman–Crippen LogP) is 5.39. The number of thioether (sulfide) groups is 2. The number of nitrogens with two attached hydrogens (primary N) is 1. The Bertz CT molecular complexity index is 774. The van der Waals surface area contributed by atoms with Crippen LogP contribution in [0, 0.1) is 0 Å². The van der Waals surface area contributed by atoms with E-state index in [4.69, 9.17) is 10.7 Å². The van der Waals surface area contributed by atoms with Crippen molar-refractivity contribution in [2.75, 3.05) is 5.75 Å². The molecule has 3 nitrogen and oxygen atoms in total. The number of fused-ring (bicyclic) bond motifs is 1. The Hall–Kier alpha value is -1.28. The lowest BCUT2D eigenvalue weighted by molar-refractivity contribution is -0.274. The molecule has 1 spiro atoms. The largest absolute Gasteiger partial charge is 0.573 e. The van der Waals surface area contributed by atoms with Crippen LogP contribution in [-0.4, -0.2) is 22.8 Å². The minimum atomic E-state index is -4.67. The number of benzene rings is 1. The molecule has 0 fully saturated rings. The van der Waals surface area contributed by atoms with E-state index in [2.05, 4.69) is 4.74 Å². The van der Waals surface area contributed by atoms with Crippen molar-refractivity contribution in [1.82, 2.24) is 0 Å². The lowest BCUT2D eigenvalue weighted by Crippen LogP contribution is -2.37. The van der Waals surface area contributed by atoms with Crippen molar-refractivity contribution in [1.29, 1.82) is 0 Å². The highest BCUT2D eigenvalue weighted by Gasteiger charge is 2.44. The van der Waals surface area contributed by atoms with Crippen LogP contribution < -0.4 is 10.5 Å². The smallest absolute Gasteiger partial charge is 0.406 e. The third-order valence-corrected chi connectivity index (χ3v) is 7.37. The Balaban J connectivity index is 1.58. The van der Waals surface area contributed by atoms with E-state index >= 15 is 0 Å². The fourth-order valence-electron chi connectivity index (χ4n) is 4.06. The summed E-state index contributed by atoms with van der Waals surface area (Å²) in [6, 6.07) is 6.34. The van der Waals surface area contributed by atoms with Crippen LogP contribution in [0.5, 0.6) is 5.75 Å². The van der Waals surface area contributed by atoms with Crippen LogP contribution in [0.25, 0.3) is 0 Å². The summed E-state index contributed by atoms with van der Waals surface area (Å²) in [5, 5.41) is 0.761. The number of rotatable bonds is 2. The van der Waals surface area contributed by atoms with E-state index in [-0.39, 0.29) is 16.5 Å². The maximum absolute atomic E-state index is 12.5. The van der Waals surface area contributed by atoms with Gasteiger partial charge in [0.2, 0.25) is 0 Å². The average Bonchev–Trinajstić information content (AvgIpc) is 2.99. The number of alkyl halides is 3. The molecule has 140 valence electrons. The normalized spacial score (nSPS) is 28.9. The summed E-state index contributed by atoms with van der Waals surface area (Å²) in [4.78, 5) is 6.18. The first-order valence-corrected chi connectivity index (χ1v) is 10.4. The zero-order chi connectivity index (χ0) is 18.4. The number of ether oxygens (including phenoxy) is 1. The predicted molar refractivity (Wildman–Crippen MR) is 100 cm³/mol. The molecule has 0 saturated carbocycles. The molecule has 0 radical (unpaired) electrons. The lowest BCUT2D eigenvalue weighted by Gasteiger charge is -2.38. The Kier molecular flexibility index (Phi) is 4.67. The molecule has 0 bridgehead atoms. The zero-order valence-electron chi connectivity index (χ0n) is 14.0. The minimum Gasteiger partial charge on any atom is -0.406 e. The van der Waals surface area contributed by atoms with Gasteiger partial charge in [0, 0.05) is 11.0 Å². The average molecular weight is 400 g/mol. The van der Waals surface area contributed by atoms with Crippen LogP contribution in [0.15, 0.2) is 39.7 Å². The first kappa shape index (κ1) is 18.1. The van der Waals surface area contributed by atoms with Gasteiger partial charge in [-0.15, -0.1) is 24.9 Å². The second kappa shape index (κ2) is 6.71. The number of hydrogen-bond donors (Lipinski definition) is 1. The van der Waals surface area contributed by atoms with Crippen molar-refractivity contribution in [3.05, 3.63) is 40.3 Å². The number of halogens is 3. The molecule has 0 amide bonds. The van der Waals surface area contributed by atoms with Crippen LogP contribution in [0.1, 0.15) is 42.9 Å². The molecule has 2 N–H and O–H groups in total. The van der Waals surface area contributed by atoms with Crippen LogP contribution >= 0.6 is 23.5 Å². The van der Waals surface area contributed by atoms with Gasteiger partial charge in [0.25, 0.3) is 0 Å². The summed E-state index contributed by atoms with van der Waals surface area (Å²) < 4.78 is 41.6. The SMILES string of the molecule is NC1=NC2(CCCC3=C2CC(c2cccc(OC(F)(F)F)c2)S3)CCS1. The molecule has 4 rings (SSSR count). The van der Waals surface area contributed by atoms with Gasteiger partial charge in [-0.3, -0.25) is 4.99 Å². The lowest BCUT2D eigenvalue weighted by atomic mass is 9.76. The summed E-state index contributed by atoms with van der Waals surface area (Å²) in [5.74, 6) is 0.808. The van der Waals surface area contributed by atoms with Crippen molar-refractivity contribution in [3.8, 4) is 5.75 Å². The summed E-state index contributed by atoms with van der Waals surface area (Å²) in [7, 11) is 0. The number of hydrogen-bond acceptors (Lipinski definition) is 5. The molecule has 26 heavy (non-hydrogen) atoms. The number of allylic oxidation sites excluding steroid dienone is 1. The Labute approximate surface area is 158 Å². The first-order chi connectivity index (χ1) is 12.3. The zero-order valence-corrected chi connectivity index (χ0v) is 15.6. The monoisotopic (exact) mass is 400 g/mol. The van der Waals surface area contributed by atoms with Gasteiger partial charge in [0.15, 0.2) is 5.17 Å². The molecule has 2 heterocycles.